The maximum Gasteiger partial charge on any atom is 0.241 e. The number of aromatic nitrogens is 4. The van der Waals surface area contributed by atoms with Gasteiger partial charge in [0.15, 0.2) is 5.58 Å². The lowest BCUT2D eigenvalue weighted by molar-refractivity contribution is 0.615. The largest absolute Gasteiger partial charge is 0.435 e. The molecule has 0 N–H and O–H groups in total. The first kappa shape index (κ1) is 15.2. The van der Waals surface area contributed by atoms with Gasteiger partial charge >= 0.3 is 0 Å². The molecule has 24 heavy (non-hydrogen) atoms. The van der Waals surface area contributed by atoms with Crippen LogP contribution in [-0.4, -0.2) is 19.6 Å². The van der Waals surface area contributed by atoms with Crippen molar-refractivity contribution in [1.29, 1.82) is 0 Å². The molecule has 0 saturated heterocycles. The number of fused-ring (bicyclic) bond motifs is 1. The number of aryl methyl sites for hydroxylation is 3. The zero-order valence-electron chi connectivity index (χ0n) is 12.9. The Balaban J connectivity index is 1.72. The van der Waals surface area contributed by atoms with Gasteiger partial charge in [0.2, 0.25) is 5.89 Å². The van der Waals surface area contributed by atoms with E-state index in [1.807, 2.05) is 37.3 Å². The van der Waals surface area contributed by atoms with Crippen LogP contribution < -0.4 is 0 Å². The molecule has 120 valence electrons. The van der Waals surface area contributed by atoms with Crippen molar-refractivity contribution in [2.45, 2.75) is 19.8 Å². The van der Waals surface area contributed by atoms with Gasteiger partial charge in [-0.15, -0.1) is 5.10 Å². The van der Waals surface area contributed by atoms with Crippen molar-refractivity contribution in [3.05, 3.63) is 58.5 Å². The van der Waals surface area contributed by atoms with E-state index in [9.17, 15) is 0 Å². The van der Waals surface area contributed by atoms with Gasteiger partial charge in [0.05, 0.1) is 5.69 Å². The van der Waals surface area contributed by atoms with Crippen molar-refractivity contribution in [2.24, 2.45) is 0 Å². The summed E-state index contributed by atoms with van der Waals surface area (Å²) in [4.78, 5) is 9.76. The summed E-state index contributed by atoms with van der Waals surface area (Å²) in [6.45, 7) is 1.89. The molecule has 0 aliphatic carbocycles. The lowest BCUT2D eigenvalue weighted by atomic mass is 10.1. The quantitative estimate of drug-likeness (QED) is 0.539. The number of rotatable bonds is 4. The molecule has 0 saturated carbocycles. The summed E-state index contributed by atoms with van der Waals surface area (Å²) in [7, 11) is 0. The van der Waals surface area contributed by atoms with E-state index in [0.29, 0.717) is 10.9 Å². The monoisotopic (exact) mass is 356 g/mol. The first-order valence-electron chi connectivity index (χ1n) is 7.49. The predicted octanol–water partition coefficient (Wildman–Crippen LogP) is 4.49. The van der Waals surface area contributed by atoms with Crippen molar-refractivity contribution in [3.8, 4) is 10.8 Å². The van der Waals surface area contributed by atoms with Crippen molar-refractivity contribution in [3.63, 3.8) is 0 Å². The van der Waals surface area contributed by atoms with Gasteiger partial charge in [-0.1, -0.05) is 22.2 Å². The Morgan fingerprint density at radius 1 is 1.21 bits per heavy atom. The number of hydrogen-bond donors (Lipinski definition) is 0. The lowest BCUT2D eigenvalue weighted by Crippen LogP contribution is -1.94. The van der Waals surface area contributed by atoms with Crippen LogP contribution in [0.2, 0.25) is 5.02 Å². The molecule has 4 rings (SSSR count). The average molecular weight is 357 g/mol. The van der Waals surface area contributed by atoms with E-state index in [0.717, 1.165) is 45.8 Å². The molecule has 1 aromatic carbocycles. The van der Waals surface area contributed by atoms with Crippen LogP contribution in [0.1, 0.15) is 17.0 Å². The maximum absolute atomic E-state index is 6.25. The molecular formula is C17H13ClN4OS. The van der Waals surface area contributed by atoms with Crippen molar-refractivity contribution in [1.82, 2.24) is 19.6 Å². The molecule has 0 amide bonds. The van der Waals surface area contributed by atoms with Crippen LogP contribution in [0.3, 0.4) is 0 Å². The van der Waals surface area contributed by atoms with Gasteiger partial charge in [-0.25, -0.2) is 4.98 Å². The van der Waals surface area contributed by atoms with E-state index < -0.39 is 0 Å². The van der Waals surface area contributed by atoms with E-state index in [1.54, 1.807) is 6.20 Å². The summed E-state index contributed by atoms with van der Waals surface area (Å²) in [6, 6.07) is 9.66. The molecule has 0 spiro atoms. The van der Waals surface area contributed by atoms with E-state index in [-0.39, 0.29) is 0 Å². The SMILES string of the molecule is Cc1nnsc1-c1nc2cc(Cl)cc(CCc3ccccn3)c2o1. The van der Waals surface area contributed by atoms with Gasteiger partial charge in [-0.3, -0.25) is 4.98 Å². The highest BCUT2D eigenvalue weighted by atomic mass is 35.5. The Hall–Kier alpha value is -2.31. The molecule has 0 unspecified atom stereocenters. The minimum absolute atomic E-state index is 0.541. The van der Waals surface area contributed by atoms with E-state index >= 15 is 0 Å². The van der Waals surface area contributed by atoms with E-state index in [2.05, 4.69) is 19.6 Å². The van der Waals surface area contributed by atoms with Gasteiger partial charge in [-0.2, -0.15) is 0 Å². The molecule has 5 nitrogen and oxygen atoms in total. The second-order valence-corrected chi connectivity index (χ2v) is 6.63. The second kappa shape index (κ2) is 6.30. The zero-order valence-corrected chi connectivity index (χ0v) is 14.4. The topological polar surface area (TPSA) is 64.7 Å². The number of nitrogens with zero attached hydrogens (tertiary/aromatic N) is 4. The lowest BCUT2D eigenvalue weighted by Gasteiger charge is -2.03. The van der Waals surface area contributed by atoms with Crippen molar-refractivity contribution >= 4 is 34.2 Å². The summed E-state index contributed by atoms with van der Waals surface area (Å²) < 4.78 is 9.95. The molecular weight excluding hydrogens is 344 g/mol. The smallest absolute Gasteiger partial charge is 0.241 e. The normalized spacial score (nSPS) is 11.2. The van der Waals surface area contributed by atoms with E-state index in [4.69, 9.17) is 16.0 Å². The molecule has 0 aliphatic rings. The summed E-state index contributed by atoms with van der Waals surface area (Å²) in [6.07, 6.45) is 3.39. The molecule has 0 atom stereocenters. The minimum atomic E-state index is 0.541. The standard InChI is InChI=1S/C17H13ClN4OS/c1-10-16(24-22-21-10)17-20-14-9-12(18)8-11(15(14)23-17)5-6-13-4-2-3-7-19-13/h2-4,7-9H,5-6H2,1H3. The van der Waals surface area contributed by atoms with Gasteiger partial charge in [0.1, 0.15) is 10.4 Å². The molecule has 3 aromatic heterocycles. The molecule has 0 bridgehead atoms. The Morgan fingerprint density at radius 2 is 2.12 bits per heavy atom. The van der Waals surface area contributed by atoms with Crippen LogP contribution >= 0.6 is 23.1 Å². The Morgan fingerprint density at radius 3 is 2.88 bits per heavy atom. The number of oxazole rings is 1. The molecule has 7 heteroatoms. The molecule has 0 radical (unpaired) electrons. The average Bonchev–Trinajstić information content (AvgIpc) is 3.19. The van der Waals surface area contributed by atoms with Gasteiger partial charge in [-0.05, 0) is 61.1 Å². The van der Waals surface area contributed by atoms with Crippen LogP contribution in [0.5, 0.6) is 0 Å². The number of halogens is 1. The van der Waals surface area contributed by atoms with E-state index in [1.165, 1.54) is 11.5 Å². The minimum Gasteiger partial charge on any atom is -0.435 e. The van der Waals surface area contributed by atoms with Crippen LogP contribution in [0.25, 0.3) is 21.9 Å². The first-order chi connectivity index (χ1) is 11.7. The zero-order chi connectivity index (χ0) is 16.5. The third-order valence-corrected chi connectivity index (χ3v) is 4.79. The van der Waals surface area contributed by atoms with Gasteiger partial charge in [0.25, 0.3) is 0 Å². The Kier molecular flexibility index (Phi) is 4.00. The van der Waals surface area contributed by atoms with Crippen LogP contribution in [0.4, 0.5) is 0 Å². The third-order valence-electron chi connectivity index (χ3n) is 3.75. The fourth-order valence-electron chi connectivity index (χ4n) is 2.58. The molecule has 3 heterocycles. The first-order valence-corrected chi connectivity index (χ1v) is 8.64. The Labute approximate surface area is 147 Å². The predicted molar refractivity (Wildman–Crippen MR) is 94.3 cm³/mol. The van der Waals surface area contributed by atoms with Crippen LogP contribution in [-0.2, 0) is 12.8 Å². The fraction of sp³-hybridized carbons (Fsp3) is 0.176. The Bertz CT molecular complexity index is 996. The van der Waals surface area contributed by atoms with Gasteiger partial charge < -0.3 is 4.42 Å². The van der Waals surface area contributed by atoms with Crippen LogP contribution in [0.15, 0.2) is 40.9 Å². The molecule has 0 aliphatic heterocycles. The molecule has 0 fully saturated rings. The third kappa shape index (κ3) is 2.90. The number of benzene rings is 1. The highest BCUT2D eigenvalue weighted by Crippen LogP contribution is 2.32. The second-order valence-electron chi connectivity index (χ2n) is 5.44. The summed E-state index contributed by atoms with van der Waals surface area (Å²) in [5.74, 6) is 0.541. The summed E-state index contributed by atoms with van der Waals surface area (Å²) >= 11 is 7.53. The molecule has 4 aromatic rings. The number of hydrogen-bond acceptors (Lipinski definition) is 6. The highest BCUT2D eigenvalue weighted by Gasteiger charge is 2.17. The summed E-state index contributed by atoms with van der Waals surface area (Å²) in [5.41, 5.74) is 4.39. The summed E-state index contributed by atoms with van der Waals surface area (Å²) in [5, 5.41) is 4.66. The van der Waals surface area contributed by atoms with Crippen molar-refractivity contribution in [2.75, 3.05) is 0 Å². The fourth-order valence-corrected chi connectivity index (χ4v) is 3.40. The van der Waals surface area contributed by atoms with Gasteiger partial charge in [0, 0.05) is 16.9 Å². The highest BCUT2D eigenvalue weighted by molar-refractivity contribution is 7.09. The maximum atomic E-state index is 6.25. The van der Waals surface area contributed by atoms with Crippen LogP contribution in [0, 0.1) is 6.92 Å². The van der Waals surface area contributed by atoms with Crippen molar-refractivity contribution < 1.29 is 4.42 Å². The number of pyridine rings is 1.